The van der Waals surface area contributed by atoms with E-state index in [0.717, 1.165) is 57.8 Å². The van der Waals surface area contributed by atoms with Crippen molar-refractivity contribution in [3.05, 3.63) is 35.4 Å². The fraction of sp³-hybridized carbons (Fsp3) is 0.758. The Bertz CT molecular complexity index is 1250. The first kappa shape index (κ1) is 35.5. The summed E-state index contributed by atoms with van der Waals surface area (Å²) in [5.41, 5.74) is 0.0522. The van der Waals surface area contributed by atoms with Gasteiger partial charge in [-0.1, -0.05) is 0 Å². The molecule has 3 saturated heterocycles. The molecule has 0 bridgehead atoms. The van der Waals surface area contributed by atoms with E-state index in [1.807, 2.05) is 32.6 Å². The minimum atomic E-state index is -3.27. The molecule has 2 atom stereocenters. The Morgan fingerprint density at radius 1 is 0.978 bits per heavy atom. The number of hydrogen-bond acceptors (Lipinski definition) is 6. The maximum absolute atomic E-state index is 14.2. The van der Waals surface area contributed by atoms with Crippen molar-refractivity contribution < 1.29 is 31.5 Å². The number of nitrogens with zero attached hydrogens (tertiary/aromatic N) is 4. The number of rotatable bonds is 10. The van der Waals surface area contributed by atoms with E-state index in [9.17, 15) is 26.8 Å². The third-order valence-corrected chi connectivity index (χ3v) is 11.0. The first-order chi connectivity index (χ1) is 21.1. The van der Waals surface area contributed by atoms with E-state index in [4.69, 9.17) is 4.74 Å². The summed E-state index contributed by atoms with van der Waals surface area (Å²) in [6, 6.07) is 3.71. The van der Waals surface area contributed by atoms with E-state index < -0.39 is 27.3 Å². The number of ether oxygens (including phenoxy) is 1. The molecule has 0 radical (unpaired) electrons. The molecule has 254 valence electrons. The molecule has 9 nitrogen and oxygen atoms in total. The molecule has 1 aromatic carbocycles. The molecule has 45 heavy (non-hydrogen) atoms. The highest BCUT2D eigenvalue weighted by Crippen LogP contribution is 2.37. The largest absolute Gasteiger partial charge is 0.444 e. The fourth-order valence-electron chi connectivity index (χ4n) is 7.42. The molecule has 0 spiro atoms. The van der Waals surface area contributed by atoms with E-state index in [2.05, 4.69) is 4.90 Å². The zero-order chi connectivity index (χ0) is 32.9. The molecule has 2 amide bonds. The maximum Gasteiger partial charge on any atom is 0.410 e. The molecule has 0 N–H and O–H groups in total. The molecule has 3 aliphatic rings. The van der Waals surface area contributed by atoms with Crippen LogP contribution in [0.4, 0.5) is 13.6 Å². The van der Waals surface area contributed by atoms with Crippen molar-refractivity contribution in [1.82, 2.24) is 19.0 Å². The summed E-state index contributed by atoms with van der Waals surface area (Å²) in [6.07, 6.45) is 6.53. The van der Waals surface area contributed by atoms with Crippen LogP contribution in [0.25, 0.3) is 0 Å². The number of piperidine rings is 2. The second kappa shape index (κ2) is 15.1. The normalized spacial score (nSPS) is 22.0. The van der Waals surface area contributed by atoms with Crippen molar-refractivity contribution >= 4 is 22.0 Å². The molecule has 4 rings (SSSR count). The molecular formula is C33H52F2N4O5S. The van der Waals surface area contributed by atoms with Crippen molar-refractivity contribution in [2.45, 2.75) is 103 Å². The molecule has 0 unspecified atom stereocenters. The predicted octanol–water partition coefficient (Wildman–Crippen LogP) is 5.21. The second-order valence-corrected chi connectivity index (χ2v) is 16.0. The molecule has 0 aliphatic carbocycles. The van der Waals surface area contributed by atoms with Gasteiger partial charge >= 0.3 is 6.09 Å². The number of carbonyl (C=O) groups excluding carboxylic acids is 2. The molecule has 1 aromatic rings. The summed E-state index contributed by atoms with van der Waals surface area (Å²) in [5, 5.41) is 0. The SMILES string of the molecule is CCN(C(=O)C[C@@H]1CCCN1C(=O)OC(C)(C)C)C1CCN(CC[C@@H](c2cc(F)cc(F)c2)C2CCN(S(C)(=O)=O)CC2)CC1. The van der Waals surface area contributed by atoms with Crippen molar-refractivity contribution in [2.24, 2.45) is 5.92 Å². The molecule has 0 aromatic heterocycles. The third kappa shape index (κ3) is 9.84. The first-order valence-corrected chi connectivity index (χ1v) is 18.4. The summed E-state index contributed by atoms with van der Waals surface area (Å²) in [5.74, 6) is -1.07. The third-order valence-electron chi connectivity index (χ3n) is 9.68. The van der Waals surface area contributed by atoms with E-state index in [0.29, 0.717) is 51.0 Å². The minimum Gasteiger partial charge on any atom is -0.444 e. The topological polar surface area (TPSA) is 90.5 Å². The zero-order valence-corrected chi connectivity index (χ0v) is 28.5. The van der Waals surface area contributed by atoms with E-state index in [1.165, 1.54) is 22.7 Å². The molecule has 0 saturated carbocycles. The Kier molecular flexibility index (Phi) is 11.9. The lowest BCUT2D eigenvalue weighted by atomic mass is 9.78. The van der Waals surface area contributed by atoms with Crippen LogP contribution in [0.1, 0.15) is 90.5 Å². The number of amides is 2. The van der Waals surface area contributed by atoms with Crippen LogP contribution in [0.2, 0.25) is 0 Å². The number of likely N-dealkylation sites (tertiary alicyclic amines) is 2. The molecule has 3 heterocycles. The Balaban J connectivity index is 1.32. The number of hydrogen-bond donors (Lipinski definition) is 0. The Hall–Kier alpha value is -2.31. The number of carbonyl (C=O) groups is 2. The van der Waals surface area contributed by atoms with E-state index in [1.54, 1.807) is 4.90 Å². The zero-order valence-electron chi connectivity index (χ0n) is 27.6. The van der Waals surface area contributed by atoms with Crippen LogP contribution in [0, 0.1) is 17.6 Å². The molecule has 3 fully saturated rings. The standard InChI is InChI=1S/C33H52F2N4O5S/c1-6-38(31(40)23-29-8-7-14-39(29)32(41)44-33(2,3)4)28-11-15-36(16-12-28)17-13-30(25-20-26(34)22-27(35)21-25)24-9-18-37(19-10-24)45(5,42)43/h20-22,24,28-30H,6-19,23H2,1-5H3/t29-,30+/m0/s1. The molecule has 3 aliphatic heterocycles. The highest BCUT2D eigenvalue weighted by atomic mass is 32.2. The van der Waals surface area contributed by atoms with E-state index >= 15 is 0 Å². The number of sulfonamides is 1. The van der Waals surface area contributed by atoms with Crippen molar-refractivity contribution in [3.63, 3.8) is 0 Å². The van der Waals surface area contributed by atoms with E-state index in [-0.39, 0.29) is 35.9 Å². The summed E-state index contributed by atoms with van der Waals surface area (Å²) >= 11 is 0. The summed E-state index contributed by atoms with van der Waals surface area (Å²) in [6.45, 7) is 12.0. The van der Waals surface area contributed by atoms with Crippen molar-refractivity contribution in [1.29, 1.82) is 0 Å². The lowest BCUT2D eigenvalue weighted by Gasteiger charge is -2.40. The fourth-order valence-corrected chi connectivity index (χ4v) is 8.29. The maximum atomic E-state index is 14.2. The van der Waals surface area contributed by atoms with Gasteiger partial charge in [0.05, 0.1) is 6.26 Å². The summed E-state index contributed by atoms with van der Waals surface area (Å²) < 4.78 is 59.6. The number of halogens is 2. The average Bonchev–Trinajstić information content (AvgIpc) is 3.41. The van der Waals surface area contributed by atoms with Gasteiger partial charge in [-0.15, -0.1) is 0 Å². The van der Waals surface area contributed by atoms with Crippen LogP contribution in [-0.4, -0.2) is 109 Å². The van der Waals surface area contributed by atoms with Gasteiger partial charge in [0.25, 0.3) is 0 Å². The average molecular weight is 655 g/mol. The lowest BCUT2D eigenvalue weighted by molar-refractivity contribution is -0.135. The van der Waals surface area contributed by atoms with Gasteiger partial charge in [0.15, 0.2) is 0 Å². The van der Waals surface area contributed by atoms with Crippen LogP contribution in [-0.2, 0) is 19.6 Å². The van der Waals surface area contributed by atoms with Crippen LogP contribution in [0.15, 0.2) is 18.2 Å². The first-order valence-electron chi connectivity index (χ1n) is 16.6. The Morgan fingerprint density at radius 2 is 1.60 bits per heavy atom. The van der Waals surface area contributed by atoms with Crippen LogP contribution >= 0.6 is 0 Å². The highest BCUT2D eigenvalue weighted by Gasteiger charge is 2.36. The predicted molar refractivity (Wildman–Crippen MR) is 170 cm³/mol. The quantitative estimate of drug-likeness (QED) is 0.344. The van der Waals surface area contributed by atoms with Crippen molar-refractivity contribution in [3.8, 4) is 0 Å². The van der Waals surface area contributed by atoms with Crippen molar-refractivity contribution in [2.75, 3.05) is 52.1 Å². The Labute approximate surface area is 268 Å². The van der Waals surface area contributed by atoms with Gasteiger partial charge in [-0.05, 0) is 109 Å². The molecule has 12 heteroatoms. The van der Waals surface area contributed by atoms with Crippen LogP contribution < -0.4 is 0 Å². The lowest BCUT2D eigenvalue weighted by Crippen LogP contribution is -2.49. The van der Waals surface area contributed by atoms with Gasteiger partial charge in [0, 0.05) is 63.8 Å². The van der Waals surface area contributed by atoms with Gasteiger partial charge in [-0.25, -0.2) is 26.3 Å². The smallest absolute Gasteiger partial charge is 0.410 e. The molecular weight excluding hydrogens is 602 g/mol. The van der Waals surface area contributed by atoms with Crippen LogP contribution in [0.5, 0.6) is 0 Å². The van der Waals surface area contributed by atoms with Gasteiger partial charge in [-0.3, -0.25) is 4.79 Å². The Morgan fingerprint density at radius 3 is 2.16 bits per heavy atom. The summed E-state index contributed by atoms with van der Waals surface area (Å²) in [4.78, 5) is 32.3. The second-order valence-electron chi connectivity index (χ2n) is 14.0. The van der Waals surface area contributed by atoms with Gasteiger partial charge in [0.2, 0.25) is 15.9 Å². The number of benzene rings is 1. The summed E-state index contributed by atoms with van der Waals surface area (Å²) in [7, 11) is -3.27. The monoisotopic (exact) mass is 654 g/mol. The van der Waals surface area contributed by atoms with Crippen LogP contribution in [0.3, 0.4) is 0 Å². The highest BCUT2D eigenvalue weighted by molar-refractivity contribution is 7.88. The van der Waals surface area contributed by atoms with Gasteiger partial charge in [-0.2, -0.15) is 0 Å². The van der Waals surface area contributed by atoms with Gasteiger partial charge < -0.3 is 19.4 Å². The van der Waals surface area contributed by atoms with Gasteiger partial charge in [0.1, 0.15) is 17.2 Å². The minimum absolute atomic E-state index is 0.0741.